The Bertz CT molecular complexity index is 1130. The molecular weight excluding hydrogens is 388 g/mol. The van der Waals surface area contributed by atoms with E-state index < -0.39 is 5.92 Å². The van der Waals surface area contributed by atoms with Crippen LogP contribution in [0.25, 0.3) is 0 Å². The monoisotopic (exact) mass is 412 g/mol. The molecule has 31 heavy (non-hydrogen) atoms. The van der Waals surface area contributed by atoms with E-state index in [0.29, 0.717) is 11.1 Å². The number of anilines is 2. The summed E-state index contributed by atoms with van der Waals surface area (Å²) in [5, 5.41) is 3.43. The summed E-state index contributed by atoms with van der Waals surface area (Å²) >= 11 is 0. The first-order valence-corrected chi connectivity index (χ1v) is 10.3. The number of fused-ring (bicyclic) bond motifs is 2. The second-order valence-corrected chi connectivity index (χ2v) is 7.98. The molecule has 2 aliphatic carbocycles. The van der Waals surface area contributed by atoms with Crippen LogP contribution < -0.4 is 11.1 Å². The summed E-state index contributed by atoms with van der Waals surface area (Å²) < 4.78 is 0. The van der Waals surface area contributed by atoms with Crippen LogP contribution in [0.1, 0.15) is 56.5 Å². The fourth-order valence-electron chi connectivity index (χ4n) is 4.12. The lowest BCUT2D eigenvalue weighted by molar-refractivity contribution is 0.0850. The van der Waals surface area contributed by atoms with E-state index in [4.69, 9.17) is 5.73 Å². The number of Topliss-reactive ketones (excluding diaryl/α,β-unsaturated/α-hetero) is 3. The Morgan fingerprint density at radius 2 is 1.19 bits per heavy atom. The number of carbonyl (C=O) groups is 3. The molecular formula is C26H24N2O3. The first-order valence-electron chi connectivity index (χ1n) is 10.3. The average molecular weight is 412 g/mol. The average Bonchev–Trinajstić information content (AvgIpc) is 3.17. The van der Waals surface area contributed by atoms with Crippen LogP contribution in [0.15, 0.2) is 72.8 Å². The van der Waals surface area contributed by atoms with Gasteiger partial charge in [-0.05, 0) is 36.8 Å². The van der Waals surface area contributed by atoms with Crippen molar-refractivity contribution in [3.63, 3.8) is 0 Å². The first-order chi connectivity index (χ1) is 14.9. The predicted octanol–water partition coefficient (Wildman–Crippen LogP) is 4.96. The standard InChI is InChI=1S/C16H16N2O.C10H8O2/c1-10-15(18-12-8-6-11(17)7-9-12)13-4-2-3-5-14(13)16(10)19;1-6-9(11)7-4-2-3-5-8(7)10(6)12/h2-10,15,18H,17H2,1H3;2-6H,1H3. The maximum absolute atomic E-state index is 12.2. The molecule has 0 aromatic heterocycles. The second-order valence-electron chi connectivity index (χ2n) is 7.98. The van der Waals surface area contributed by atoms with E-state index >= 15 is 0 Å². The lowest BCUT2D eigenvalue weighted by atomic mass is 10.0. The number of nitrogens with two attached hydrogens (primary N) is 1. The van der Waals surface area contributed by atoms with Gasteiger partial charge in [-0.15, -0.1) is 0 Å². The molecule has 0 spiro atoms. The third kappa shape index (κ3) is 3.75. The second kappa shape index (κ2) is 8.19. The summed E-state index contributed by atoms with van der Waals surface area (Å²) in [5.41, 5.74) is 10.5. The maximum atomic E-state index is 12.2. The summed E-state index contributed by atoms with van der Waals surface area (Å²) in [6.45, 7) is 3.63. The Kier molecular flexibility index (Phi) is 5.42. The summed E-state index contributed by atoms with van der Waals surface area (Å²) in [6, 6.07) is 22.4. The van der Waals surface area contributed by atoms with Gasteiger partial charge in [0.1, 0.15) is 0 Å². The minimum Gasteiger partial charge on any atom is -0.399 e. The number of nitrogen functional groups attached to an aromatic ring is 1. The topological polar surface area (TPSA) is 89.3 Å². The largest absolute Gasteiger partial charge is 0.399 e. The summed E-state index contributed by atoms with van der Waals surface area (Å²) in [4.78, 5) is 35.0. The molecule has 5 heteroatoms. The lowest BCUT2D eigenvalue weighted by Gasteiger charge is -2.19. The van der Waals surface area contributed by atoms with Gasteiger partial charge in [0.2, 0.25) is 0 Å². The van der Waals surface area contributed by atoms with Gasteiger partial charge < -0.3 is 11.1 Å². The van der Waals surface area contributed by atoms with Crippen molar-refractivity contribution in [2.75, 3.05) is 11.1 Å². The molecule has 3 aromatic carbocycles. The highest BCUT2D eigenvalue weighted by Crippen LogP contribution is 2.38. The Hall–Kier alpha value is -3.73. The number of rotatable bonds is 2. The SMILES string of the molecule is CC1C(=O)c2ccccc2C1=O.CC1C(=O)c2ccccc2C1Nc1ccc(N)cc1. The van der Waals surface area contributed by atoms with E-state index in [1.54, 1.807) is 31.2 Å². The van der Waals surface area contributed by atoms with Gasteiger partial charge in [0, 0.05) is 34.0 Å². The maximum Gasteiger partial charge on any atom is 0.174 e. The van der Waals surface area contributed by atoms with E-state index in [1.165, 1.54) is 0 Å². The smallest absolute Gasteiger partial charge is 0.174 e. The lowest BCUT2D eigenvalue weighted by Crippen LogP contribution is -2.17. The zero-order valence-corrected chi connectivity index (χ0v) is 17.5. The van der Waals surface area contributed by atoms with Gasteiger partial charge in [-0.1, -0.05) is 55.5 Å². The molecule has 0 heterocycles. The third-order valence-corrected chi connectivity index (χ3v) is 5.95. The molecule has 0 aliphatic heterocycles. The highest BCUT2D eigenvalue weighted by molar-refractivity contribution is 6.26. The van der Waals surface area contributed by atoms with Gasteiger partial charge in [-0.2, -0.15) is 0 Å². The van der Waals surface area contributed by atoms with Crippen molar-refractivity contribution in [1.82, 2.24) is 0 Å². The molecule has 2 atom stereocenters. The molecule has 5 nitrogen and oxygen atoms in total. The van der Waals surface area contributed by atoms with Crippen LogP contribution in [0.4, 0.5) is 11.4 Å². The molecule has 2 unspecified atom stereocenters. The van der Waals surface area contributed by atoms with Gasteiger partial charge in [0.05, 0.1) is 12.0 Å². The molecule has 3 aromatic rings. The van der Waals surface area contributed by atoms with Gasteiger partial charge >= 0.3 is 0 Å². The molecule has 5 rings (SSSR count). The molecule has 0 fully saturated rings. The quantitative estimate of drug-likeness (QED) is 0.459. The zero-order chi connectivity index (χ0) is 22.1. The summed E-state index contributed by atoms with van der Waals surface area (Å²) in [7, 11) is 0. The fraction of sp³-hybridized carbons (Fsp3) is 0.192. The van der Waals surface area contributed by atoms with Gasteiger partial charge in [0.25, 0.3) is 0 Å². The third-order valence-electron chi connectivity index (χ3n) is 5.95. The Balaban J connectivity index is 0.000000166. The molecule has 156 valence electrons. The predicted molar refractivity (Wildman–Crippen MR) is 121 cm³/mol. The van der Waals surface area contributed by atoms with Crippen molar-refractivity contribution in [1.29, 1.82) is 0 Å². The van der Waals surface area contributed by atoms with Crippen LogP contribution in [0.5, 0.6) is 0 Å². The minimum absolute atomic E-state index is 0.0346. The van der Waals surface area contributed by atoms with Gasteiger partial charge in [-0.3, -0.25) is 14.4 Å². The number of hydrogen-bond donors (Lipinski definition) is 2. The van der Waals surface area contributed by atoms with Gasteiger partial charge in [-0.25, -0.2) is 0 Å². The Labute approximate surface area is 181 Å². The Morgan fingerprint density at radius 3 is 1.77 bits per heavy atom. The van der Waals surface area contributed by atoms with Crippen LogP contribution >= 0.6 is 0 Å². The number of hydrogen-bond acceptors (Lipinski definition) is 5. The fourth-order valence-corrected chi connectivity index (χ4v) is 4.12. The van der Waals surface area contributed by atoms with E-state index in [-0.39, 0.29) is 29.3 Å². The molecule has 0 bridgehead atoms. The van der Waals surface area contributed by atoms with Crippen molar-refractivity contribution in [2.24, 2.45) is 11.8 Å². The van der Waals surface area contributed by atoms with E-state index in [2.05, 4.69) is 5.32 Å². The van der Waals surface area contributed by atoms with Crippen molar-refractivity contribution < 1.29 is 14.4 Å². The van der Waals surface area contributed by atoms with Crippen molar-refractivity contribution in [3.8, 4) is 0 Å². The number of benzene rings is 3. The molecule has 0 saturated carbocycles. The molecule has 3 N–H and O–H groups in total. The minimum atomic E-state index is -0.470. The molecule has 0 amide bonds. The van der Waals surface area contributed by atoms with Crippen molar-refractivity contribution in [2.45, 2.75) is 19.9 Å². The summed E-state index contributed by atoms with van der Waals surface area (Å²) in [5.74, 6) is -0.396. The zero-order valence-electron chi connectivity index (χ0n) is 17.5. The first kappa shape index (κ1) is 20.5. The van der Waals surface area contributed by atoms with E-state index in [9.17, 15) is 14.4 Å². The van der Waals surface area contributed by atoms with Gasteiger partial charge in [0.15, 0.2) is 17.3 Å². The van der Waals surface area contributed by atoms with Crippen LogP contribution in [0, 0.1) is 11.8 Å². The van der Waals surface area contributed by atoms with E-state index in [1.807, 2.05) is 55.5 Å². The number of carbonyl (C=O) groups excluding carboxylic acids is 3. The van der Waals surface area contributed by atoms with Crippen molar-refractivity contribution >= 4 is 28.7 Å². The molecule has 0 saturated heterocycles. The normalized spacial score (nSPS) is 19.5. The van der Waals surface area contributed by atoms with Crippen LogP contribution in [0.3, 0.4) is 0 Å². The summed E-state index contributed by atoms with van der Waals surface area (Å²) in [6.07, 6.45) is 0. The van der Waals surface area contributed by atoms with E-state index in [0.717, 1.165) is 22.5 Å². The highest BCUT2D eigenvalue weighted by Gasteiger charge is 2.36. The van der Waals surface area contributed by atoms with Crippen LogP contribution in [0.2, 0.25) is 0 Å². The number of nitrogens with one attached hydrogen (secondary N) is 1. The molecule has 0 radical (unpaired) electrons. The van der Waals surface area contributed by atoms with Crippen molar-refractivity contribution in [3.05, 3.63) is 95.1 Å². The molecule has 2 aliphatic rings. The highest BCUT2D eigenvalue weighted by atomic mass is 16.2. The Morgan fingerprint density at radius 1 is 0.677 bits per heavy atom. The van der Waals surface area contributed by atoms with Crippen LogP contribution in [-0.2, 0) is 0 Å². The number of ketones is 3. The van der Waals surface area contributed by atoms with Crippen LogP contribution in [-0.4, -0.2) is 17.3 Å².